The summed E-state index contributed by atoms with van der Waals surface area (Å²) in [5.41, 5.74) is 1.64. The molecule has 0 saturated heterocycles. The first kappa shape index (κ1) is 16.9. The molecule has 3 heteroatoms. The molecule has 3 aromatic rings. The Hall–Kier alpha value is -2.94. The molecular weight excluding hydrogens is 310 g/mol. The third kappa shape index (κ3) is 3.94. The van der Waals surface area contributed by atoms with Crippen LogP contribution in [-0.4, -0.2) is 11.7 Å². The second-order valence-corrected chi connectivity index (χ2v) is 6.04. The highest BCUT2D eigenvalue weighted by molar-refractivity contribution is 5.97. The maximum Gasteiger partial charge on any atom is 0.220 e. The fourth-order valence-electron chi connectivity index (χ4n) is 3.02. The standard InChI is InChI=1S/C22H21NO2/c1-2-22(25)23-20(15-21(24)17-10-4-3-5-11-17)19-14-8-12-16-9-6-7-13-18(16)19/h3-14,20H,2,15H2,1H3,(H,23,25). The number of nitrogens with one attached hydrogen (secondary N) is 1. The zero-order valence-electron chi connectivity index (χ0n) is 14.2. The molecule has 0 fully saturated rings. The van der Waals surface area contributed by atoms with Gasteiger partial charge in [0.2, 0.25) is 5.91 Å². The minimum atomic E-state index is -0.341. The van der Waals surface area contributed by atoms with Crippen LogP contribution in [0.15, 0.2) is 72.8 Å². The summed E-state index contributed by atoms with van der Waals surface area (Å²) in [6, 6.07) is 22.9. The van der Waals surface area contributed by atoms with E-state index in [1.54, 1.807) is 0 Å². The quantitative estimate of drug-likeness (QED) is 0.667. The highest BCUT2D eigenvalue weighted by atomic mass is 16.1. The van der Waals surface area contributed by atoms with Crippen molar-refractivity contribution < 1.29 is 9.59 Å². The lowest BCUT2D eigenvalue weighted by atomic mass is 9.93. The number of carbonyl (C=O) groups is 2. The van der Waals surface area contributed by atoms with Crippen molar-refractivity contribution in [2.75, 3.05) is 0 Å². The van der Waals surface area contributed by atoms with Crippen LogP contribution in [0, 0.1) is 0 Å². The highest BCUT2D eigenvalue weighted by Gasteiger charge is 2.20. The van der Waals surface area contributed by atoms with Crippen molar-refractivity contribution >= 4 is 22.5 Å². The van der Waals surface area contributed by atoms with Gasteiger partial charge in [0.15, 0.2) is 5.78 Å². The maximum absolute atomic E-state index is 12.7. The average molecular weight is 331 g/mol. The number of benzene rings is 3. The molecule has 1 amide bonds. The van der Waals surface area contributed by atoms with Crippen LogP contribution >= 0.6 is 0 Å². The zero-order valence-corrected chi connectivity index (χ0v) is 14.2. The fraction of sp³-hybridized carbons (Fsp3) is 0.182. The largest absolute Gasteiger partial charge is 0.349 e. The summed E-state index contributed by atoms with van der Waals surface area (Å²) in [5.74, 6) is -0.0336. The summed E-state index contributed by atoms with van der Waals surface area (Å²) in [6.45, 7) is 1.81. The lowest BCUT2D eigenvalue weighted by molar-refractivity contribution is -0.121. The SMILES string of the molecule is CCC(=O)NC(CC(=O)c1ccccc1)c1cccc2ccccc12. The van der Waals surface area contributed by atoms with Gasteiger partial charge in [-0.3, -0.25) is 9.59 Å². The molecular formula is C22H21NO2. The number of amides is 1. The smallest absolute Gasteiger partial charge is 0.220 e. The Labute approximate surface area is 147 Å². The zero-order chi connectivity index (χ0) is 17.6. The van der Waals surface area contributed by atoms with Crippen molar-refractivity contribution in [2.24, 2.45) is 0 Å². The van der Waals surface area contributed by atoms with E-state index < -0.39 is 0 Å². The van der Waals surface area contributed by atoms with Crippen LogP contribution < -0.4 is 5.32 Å². The summed E-state index contributed by atoms with van der Waals surface area (Å²) in [6.07, 6.45) is 0.630. The topological polar surface area (TPSA) is 46.2 Å². The number of Topliss-reactive ketones (excluding diaryl/α,β-unsaturated/α-hetero) is 1. The second kappa shape index (κ2) is 7.75. The van der Waals surface area contributed by atoms with E-state index in [9.17, 15) is 9.59 Å². The van der Waals surface area contributed by atoms with Crippen molar-refractivity contribution in [1.29, 1.82) is 0 Å². The van der Waals surface area contributed by atoms with E-state index in [1.807, 2.05) is 79.7 Å². The molecule has 0 radical (unpaired) electrons. The van der Waals surface area contributed by atoms with E-state index in [2.05, 4.69) is 5.32 Å². The van der Waals surface area contributed by atoms with Gasteiger partial charge in [-0.05, 0) is 16.3 Å². The monoisotopic (exact) mass is 331 g/mol. The van der Waals surface area contributed by atoms with Gasteiger partial charge in [-0.15, -0.1) is 0 Å². The van der Waals surface area contributed by atoms with Crippen molar-refractivity contribution in [3.8, 4) is 0 Å². The van der Waals surface area contributed by atoms with Gasteiger partial charge in [-0.25, -0.2) is 0 Å². The average Bonchev–Trinajstić information content (AvgIpc) is 2.67. The van der Waals surface area contributed by atoms with Crippen LogP contribution in [-0.2, 0) is 4.79 Å². The van der Waals surface area contributed by atoms with Crippen molar-refractivity contribution in [3.63, 3.8) is 0 Å². The first-order valence-electron chi connectivity index (χ1n) is 8.54. The number of fused-ring (bicyclic) bond motifs is 1. The van der Waals surface area contributed by atoms with Gasteiger partial charge in [0, 0.05) is 18.4 Å². The number of carbonyl (C=O) groups excluding carboxylic acids is 2. The van der Waals surface area contributed by atoms with E-state index in [-0.39, 0.29) is 24.2 Å². The molecule has 0 aromatic heterocycles. The Balaban J connectivity index is 1.97. The Bertz CT molecular complexity index is 881. The van der Waals surface area contributed by atoms with Gasteiger partial charge >= 0.3 is 0 Å². The molecule has 126 valence electrons. The second-order valence-electron chi connectivity index (χ2n) is 6.04. The number of ketones is 1. The molecule has 0 bridgehead atoms. The van der Waals surface area contributed by atoms with Crippen molar-refractivity contribution in [2.45, 2.75) is 25.8 Å². The van der Waals surface area contributed by atoms with Gasteiger partial charge < -0.3 is 5.32 Å². The van der Waals surface area contributed by atoms with Crippen molar-refractivity contribution in [1.82, 2.24) is 5.32 Å². The maximum atomic E-state index is 12.7. The molecule has 0 aliphatic carbocycles. The summed E-state index contributed by atoms with van der Waals surface area (Å²) < 4.78 is 0. The van der Waals surface area contributed by atoms with E-state index in [4.69, 9.17) is 0 Å². The molecule has 3 rings (SSSR count). The predicted octanol–water partition coefficient (Wildman–Crippen LogP) is 4.68. The van der Waals surface area contributed by atoms with E-state index in [1.165, 1.54) is 0 Å². The Morgan fingerprint density at radius 3 is 2.32 bits per heavy atom. The molecule has 0 aliphatic heterocycles. The van der Waals surface area contributed by atoms with E-state index in [0.717, 1.165) is 16.3 Å². The van der Waals surface area contributed by atoms with Crippen LogP contribution in [0.2, 0.25) is 0 Å². The lowest BCUT2D eigenvalue weighted by Crippen LogP contribution is -2.29. The molecule has 1 N–H and O–H groups in total. The molecule has 0 spiro atoms. The minimum absolute atomic E-state index is 0.0231. The van der Waals surface area contributed by atoms with Crippen LogP contribution in [0.1, 0.15) is 41.7 Å². The minimum Gasteiger partial charge on any atom is -0.349 e. The highest BCUT2D eigenvalue weighted by Crippen LogP contribution is 2.27. The van der Waals surface area contributed by atoms with Crippen LogP contribution in [0.4, 0.5) is 0 Å². The van der Waals surface area contributed by atoms with Crippen molar-refractivity contribution in [3.05, 3.63) is 83.9 Å². The molecule has 25 heavy (non-hydrogen) atoms. The number of rotatable bonds is 6. The first-order valence-corrected chi connectivity index (χ1v) is 8.54. The van der Waals surface area contributed by atoms with Gasteiger partial charge in [0.05, 0.1) is 6.04 Å². The van der Waals surface area contributed by atoms with Crippen LogP contribution in [0.5, 0.6) is 0 Å². The Morgan fingerprint density at radius 2 is 1.56 bits per heavy atom. The third-order valence-electron chi connectivity index (χ3n) is 4.34. The normalized spacial score (nSPS) is 11.9. The van der Waals surface area contributed by atoms with Crippen LogP contribution in [0.25, 0.3) is 10.8 Å². The number of hydrogen-bond donors (Lipinski definition) is 1. The lowest BCUT2D eigenvalue weighted by Gasteiger charge is -2.20. The molecule has 0 aliphatic rings. The summed E-state index contributed by atoms with van der Waals surface area (Å²) in [5, 5.41) is 5.18. The van der Waals surface area contributed by atoms with E-state index in [0.29, 0.717) is 12.0 Å². The molecule has 0 heterocycles. The Morgan fingerprint density at radius 1 is 0.880 bits per heavy atom. The molecule has 1 atom stereocenters. The van der Waals surface area contributed by atoms with Gasteiger partial charge in [0.1, 0.15) is 0 Å². The summed E-state index contributed by atoms with van der Waals surface area (Å²) in [4.78, 5) is 24.7. The molecule has 1 unspecified atom stereocenters. The fourth-order valence-corrected chi connectivity index (χ4v) is 3.02. The summed E-state index contributed by atoms with van der Waals surface area (Å²) in [7, 11) is 0. The summed E-state index contributed by atoms with van der Waals surface area (Å²) >= 11 is 0. The van der Waals surface area contributed by atoms with Gasteiger partial charge in [-0.2, -0.15) is 0 Å². The molecule has 3 aromatic carbocycles. The Kier molecular flexibility index (Phi) is 5.24. The predicted molar refractivity (Wildman–Crippen MR) is 101 cm³/mol. The van der Waals surface area contributed by atoms with Gasteiger partial charge in [0.25, 0.3) is 0 Å². The molecule has 0 saturated carbocycles. The van der Waals surface area contributed by atoms with E-state index >= 15 is 0 Å². The van der Waals surface area contributed by atoms with Gasteiger partial charge in [-0.1, -0.05) is 79.7 Å². The van der Waals surface area contributed by atoms with Crippen LogP contribution in [0.3, 0.4) is 0 Å². The molecule has 3 nitrogen and oxygen atoms in total. The first-order chi connectivity index (χ1) is 12.2. The third-order valence-corrected chi connectivity index (χ3v) is 4.34. The number of hydrogen-bond acceptors (Lipinski definition) is 2.